The molecule has 4 N–H and O–H groups in total. The van der Waals surface area contributed by atoms with Crippen LogP contribution in [-0.4, -0.2) is 58.9 Å². The van der Waals surface area contributed by atoms with Crippen LogP contribution in [0, 0.1) is 17.5 Å². The highest BCUT2D eigenvalue weighted by molar-refractivity contribution is 6.01. The number of likely N-dealkylation sites (tertiary alicyclic amines) is 1. The molecular weight excluding hydrogens is 483 g/mol. The van der Waals surface area contributed by atoms with Gasteiger partial charge in [0.25, 0.3) is 5.91 Å². The maximum atomic E-state index is 14.7. The Morgan fingerprint density at radius 1 is 1.03 bits per heavy atom. The zero-order chi connectivity index (χ0) is 26.6. The van der Waals surface area contributed by atoms with E-state index < -0.39 is 34.6 Å². The summed E-state index contributed by atoms with van der Waals surface area (Å²) in [6, 6.07) is 15.7. The Kier molecular flexibility index (Phi) is 8.16. The normalized spacial score (nSPS) is 15.2. The van der Waals surface area contributed by atoms with Crippen molar-refractivity contribution in [3.8, 4) is 0 Å². The fourth-order valence-electron chi connectivity index (χ4n) is 4.39. The maximum absolute atomic E-state index is 14.7. The van der Waals surface area contributed by atoms with Crippen LogP contribution < -0.4 is 10.6 Å². The second-order valence-corrected chi connectivity index (χ2v) is 9.41. The van der Waals surface area contributed by atoms with Crippen molar-refractivity contribution in [2.75, 3.05) is 31.6 Å². The van der Waals surface area contributed by atoms with Crippen molar-refractivity contribution >= 4 is 17.3 Å². The minimum atomic E-state index is -1.30. The van der Waals surface area contributed by atoms with Gasteiger partial charge in [-0.3, -0.25) is 4.79 Å². The zero-order valence-electron chi connectivity index (χ0n) is 20.5. The van der Waals surface area contributed by atoms with Gasteiger partial charge in [-0.2, -0.15) is 0 Å². The van der Waals surface area contributed by atoms with Gasteiger partial charge in [0, 0.05) is 12.6 Å². The number of carbonyl (C=O) groups excluding carboxylic acids is 1. The van der Waals surface area contributed by atoms with Gasteiger partial charge in [-0.25, -0.2) is 13.2 Å². The number of carbonyl (C=O) groups is 1. The molecule has 196 valence electrons. The van der Waals surface area contributed by atoms with Crippen LogP contribution >= 0.6 is 0 Å². The number of hydrogen-bond acceptors (Lipinski definition) is 5. The number of amides is 1. The number of hydrogen-bond donors (Lipinski definition) is 4. The molecule has 1 fully saturated rings. The van der Waals surface area contributed by atoms with Crippen LogP contribution in [0.5, 0.6) is 0 Å². The summed E-state index contributed by atoms with van der Waals surface area (Å²) in [4.78, 5) is 14.4. The fourth-order valence-corrected chi connectivity index (χ4v) is 4.39. The van der Waals surface area contributed by atoms with Crippen LogP contribution in [0.25, 0.3) is 0 Å². The van der Waals surface area contributed by atoms with E-state index in [4.69, 9.17) is 0 Å². The van der Waals surface area contributed by atoms with E-state index in [9.17, 15) is 28.2 Å². The molecule has 0 radical (unpaired) electrons. The van der Waals surface area contributed by atoms with E-state index in [1.165, 1.54) is 17.0 Å². The lowest BCUT2D eigenvalue weighted by molar-refractivity contribution is -0.0803. The number of anilines is 2. The first-order valence-electron chi connectivity index (χ1n) is 12.2. The van der Waals surface area contributed by atoms with Gasteiger partial charge in [-0.15, -0.1) is 0 Å². The third-order valence-electron chi connectivity index (χ3n) is 6.55. The molecular formula is C28H30F3N3O3. The monoisotopic (exact) mass is 513 g/mol. The number of nitrogens with zero attached hydrogens (tertiary/aromatic N) is 1. The van der Waals surface area contributed by atoms with E-state index in [1.807, 2.05) is 37.3 Å². The Morgan fingerprint density at radius 2 is 1.76 bits per heavy atom. The minimum Gasteiger partial charge on any atom is -0.395 e. The van der Waals surface area contributed by atoms with Crippen molar-refractivity contribution in [2.24, 2.45) is 0 Å². The second kappa shape index (κ2) is 11.3. The zero-order valence-corrected chi connectivity index (χ0v) is 20.5. The van der Waals surface area contributed by atoms with E-state index in [0.29, 0.717) is 12.8 Å². The van der Waals surface area contributed by atoms with Crippen molar-refractivity contribution in [1.29, 1.82) is 0 Å². The summed E-state index contributed by atoms with van der Waals surface area (Å²) >= 11 is 0. The Labute approximate surface area is 213 Å². The first kappa shape index (κ1) is 26.7. The first-order valence-corrected chi connectivity index (χ1v) is 12.2. The molecule has 3 aromatic carbocycles. The number of benzene rings is 3. The molecule has 0 bridgehead atoms. The number of aryl methyl sites for hydroxylation is 1. The summed E-state index contributed by atoms with van der Waals surface area (Å²) < 4.78 is 43.3. The largest absolute Gasteiger partial charge is 0.395 e. The van der Waals surface area contributed by atoms with Crippen LogP contribution in [0.3, 0.4) is 0 Å². The van der Waals surface area contributed by atoms with Gasteiger partial charge in [-0.05, 0) is 48.2 Å². The van der Waals surface area contributed by atoms with E-state index in [1.54, 1.807) is 6.07 Å². The van der Waals surface area contributed by atoms with Gasteiger partial charge in [-0.1, -0.05) is 43.3 Å². The molecule has 0 aromatic heterocycles. The predicted molar refractivity (Wildman–Crippen MR) is 135 cm³/mol. The van der Waals surface area contributed by atoms with Gasteiger partial charge in [0.05, 0.1) is 36.6 Å². The Hall–Kier alpha value is -3.40. The summed E-state index contributed by atoms with van der Waals surface area (Å²) in [5.41, 5.74) is -0.206. The van der Waals surface area contributed by atoms with Crippen LogP contribution in [0.4, 0.5) is 24.5 Å². The fraction of sp³-hybridized carbons (Fsp3) is 0.321. The molecule has 4 rings (SSSR count). The van der Waals surface area contributed by atoms with Crippen LogP contribution in [0.15, 0.2) is 60.7 Å². The minimum absolute atomic E-state index is 0.0414. The molecule has 1 aliphatic rings. The lowest BCUT2D eigenvalue weighted by atomic mass is 9.92. The Balaban J connectivity index is 1.42. The van der Waals surface area contributed by atoms with Crippen LogP contribution in [-0.2, 0) is 12.8 Å². The molecule has 1 aliphatic heterocycles. The summed E-state index contributed by atoms with van der Waals surface area (Å²) in [6.07, 6.45) is 1.17. The SMILES string of the molecule is CCc1ccc(Nc2c(C(=O)N3CC(O)(CNC(CO)Cc4ccccc4)C3)ccc(F)c2F)c(F)c1. The highest BCUT2D eigenvalue weighted by Crippen LogP contribution is 2.31. The molecule has 1 unspecified atom stereocenters. The number of rotatable bonds is 10. The molecule has 6 nitrogen and oxygen atoms in total. The highest BCUT2D eigenvalue weighted by atomic mass is 19.2. The summed E-state index contributed by atoms with van der Waals surface area (Å²) in [7, 11) is 0. The summed E-state index contributed by atoms with van der Waals surface area (Å²) in [6.45, 7) is 1.78. The Morgan fingerprint density at radius 3 is 2.41 bits per heavy atom. The number of aliphatic hydroxyl groups excluding tert-OH is 1. The molecule has 1 saturated heterocycles. The highest BCUT2D eigenvalue weighted by Gasteiger charge is 2.44. The van der Waals surface area contributed by atoms with E-state index in [-0.39, 0.29) is 43.5 Å². The molecule has 0 saturated carbocycles. The number of β-amino-alcohol motifs (C(OH)–C–C–N with tert-alkyl or cyclic N) is 1. The smallest absolute Gasteiger partial charge is 0.256 e. The number of nitrogens with one attached hydrogen (secondary N) is 2. The molecule has 37 heavy (non-hydrogen) atoms. The van der Waals surface area contributed by atoms with E-state index in [0.717, 1.165) is 23.3 Å². The van der Waals surface area contributed by atoms with E-state index >= 15 is 0 Å². The van der Waals surface area contributed by atoms with E-state index in [2.05, 4.69) is 10.6 Å². The molecule has 9 heteroatoms. The standard InChI is InChI=1S/C28H30F3N3O3/c1-2-18-8-11-24(23(30)13-18)33-26-21(9-10-22(29)25(26)31)27(36)34-16-28(37,17-34)15-32-20(14-35)12-19-6-4-3-5-7-19/h3-11,13,20,32-33,35,37H,2,12,14-17H2,1H3. The van der Waals surface area contributed by atoms with Gasteiger partial charge in [0.2, 0.25) is 0 Å². The third-order valence-corrected chi connectivity index (χ3v) is 6.55. The third kappa shape index (κ3) is 6.12. The lowest BCUT2D eigenvalue weighted by Crippen LogP contribution is -2.68. The molecule has 1 atom stereocenters. The van der Waals surface area contributed by atoms with Crippen LogP contribution in [0.1, 0.15) is 28.4 Å². The average Bonchev–Trinajstić information content (AvgIpc) is 2.88. The predicted octanol–water partition coefficient (Wildman–Crippen LogP) is 3.79. The van der Waals surface area contributed by atoms with Crippen molar-refractivity contribution in [3.05, 3.63) is 94.8 Å². The van der Waals surface area contributed by atoms with Crippen molar-refractivity contribution in [3.63, 3.8) is 0 Å². The molecule has 3 aromatic rings. The summed E-state index contributed by atoms with van der Waals surface area (Å²) in [5.74, 6) is -3.75. The summed E-state index contributed by atoms with van der Waals surface area (Å²) in [5, 5.41) is 26.2. The topological polar surface area (TPSA) is 84.8 Å². The van der Waals surface area contributed by atoms with Gasteiger partial charge in [0.15, 0.2) is 11.6 Å². The molecule has 0 aliphatic carbocycles. The van der Waals surface area contributed by atoms with Crippen molar-refractivity contribution in [2.45, 2.75) is 31.4 Å². The second-order valence-electron chi connectivity index (χ2n) is 9.41. The van der Waals surface area contributed by atoms with Crippen molar-refractivity contribution in [1.82, 2.24) is 10.2 Å². The molecule has 0 spiro atoms. The van der Waals surface area contributed by atoms with Gasteiger partial charge < -0.3 is 25.7 Å². The molecule has 1 amide bonds. The maximum Gasteiger partial charge on any atom is 0.256 e. The molecule has 1 heterocycles. The van der Waals surface area contributed by atoms with Crippen LogP contribution in [0.2, 0.25) is 0 Å². The lowest BCUT2D eigenvalue weighted by Gasteiger charge is -2.47. The van der Waals surface area contributed by atoms with Gasteiger partial charge in [0.1, 0.15) is 11.4 Å². The number of aliphatic hydroxyl groups is 2. The first-order chi connectivity index (χ1) is 17.7. The average molecular weight is 514 g/mol. The Bertz CT molecular complexity index is 1250. The number of halogens is 3. The van der Waals surface area contributed by atoms with Crippen molar-refractivity contribution < 1.29 is 28.2 Å². The van der Waals surface area contributed by atoms with Gasteiger partial charge >= 0.3 is 0 Å². The quantitative estimate of drug-likeness (QED) is 0.332.